The van der Waals surface area contributed by atoms with Crippen LogP contribution in [0.3, 0.4) is 0 Å². The number of anilines is 2. The fraction of sp³-hybridized carbons (Fsp3) is 0.591. The van der Waals surface area contributed by atoms with Crippen molar-refractivity contribution in [1.82, 2.24) is 10.2 Å². The van der Waals surface area contributed by atoms with Crippen LogP contribution in [-0.4, -0.2) is 75.1 Å². The van der Waals surface area contributed by atoms with Crippen molar-refractivity contribution in [3.63, 3.8) is 0 Å². The Bertz CT molecular complexity index is 793. The molecule has 30 heavy (non-hydrogen) atoms. The molecule has 1 atom stereocenters. The lowest BCUT2D eigenvalue weighted by Crippen LogP contribution is -2.57. The highest BCUT2D eigenvalue weighted by Crippen LogP contribution is 2.40. The molecule has 3 amide bonds. The summed E-state index contributed by atoms with van der Waals surface area (Å²) in [6.45, 7) is 6.66. The van der Waals surface area contributed by atoms with Crippen LogP contribution in [0.4, 0.5) is 11.4 Å². The van der Waals surface area contributed by atoms with Crippen LogP contribution < -0.4 is 15.1 Å². The summed E-state index contributed by atoms with van der Waals surface area (Å²) in [6.07, 6.45) is 2.80. The summed E-state index contributed by atoms with van der Waals surface area (Å²) in [6, 6.07) is 5.27. The van der Waals surface area contributed by atoms with Crippen LogP contribution in [-0.2, 0) is 14.3 Å². The van der Waals surface area contributed by atoms with E-state index in [4.69, 9.17) is 4.74 Å². The third-order valence-electron chi connectivity index (χ3n) is 5.86. The zero-order valence-electron chi connectivity index (χ0n) is 18.1. The molecule has 0 aliphatic carbocycles. The van der Waals surface area contributed by atoms with Crippen LogP contribution in [0.5, 0.6) is 0 Å². The van der Waals surface area contributed by atoms with E-state index < -0.39 is 0 Å². The highest BCUT2D eigenvalue weighted by Gasteiger charge is 2.40. The first-order chi connectivity index (χ1) is 14.5. The Morgan fingerprint density at radius 2 is 1.97 bits per heavy atom. The van der Waals surface area contributed by atoms with E-state index in [-0.39, 0.29) is 30.3 Å². The predicted octanol–water partition coefficient (Wildman–Crippen LogP) is 1.64. The van der Waals surface area contributed by atoms with E-state index in [2.05, 4.69) is 10.2 Å². The van der Waals surface area contributed by atoms with Gasteiger partial charge in [0, 0.05) is 38.9 Å². The molecule has 3 rings (SSSR count). The smallest absolute Gasteiger partial charge is 0.253 e. The average Bonchev–Trinajstić information content (AvgIpc) is 2.77. The first kappa shape index (κ1) is 22.1. The van der Waals surface area contributed by atoms with Gasteiger partial charge >= 0.3 is 0 Å². The van der Waals surface area contributed by atoms with E-state index >= 15 is 0 Å². The second kappa shape index (κ2) is 9.93. The molecule has 8 heteroatoms. The summed E-state index contributed by atoms with van der Waals surface area (Å²) < 4.78 is 4.97. The zero-order valence-corrected chi connectivity index (χ0v) is 18.1. The van der Waals surface area contributed by atoms with Gasteiger partial charge in [-0.05, 0) is 51.3 Å². The number of piperidine rings is 1. The van der Waals surface area contributed by atoms with Crippen molar-refractivity contribution >= 4 is 29.1 Å². The van der Waals surface area contributed by atoms with Crippen LogP contribution in [0.2, 0.25) is 0 Å². The second-order valence-corrected chi connectivity index (χ2v) is 7.65. The molecule has 0 saturated carbocycles. The van der Waals surface area contributed by atoms with E-state index in [1.165, 1.54) is 0 Å². The number of carbonyl (C=O) groups is 3. The number of ether oxygens (including phenoxy) is 1. The van der Waals surface area contributed by atoms with Gasteiger partial charge in [-0.1, -0.05) is 0 Å². The van der Waals surface area contributed by atoms with Gasteiger partial charge in [-0.3, -0.25) is 19.3 Å². The van der Waals surface area contributed by atoms with Crippen LogP contribution in [0.15, 0.2) is 18.2 Å². The van der Waals surface area contributed by atoms with Gasteiger partial charge in [0.25, 0.3) is 5.91 Å². The van der Waals surface area contributed by atoms with E-state index in [0.29, 0.717) is 37.5 Å². The summed E-state index contributed by atoms with van der Waals surface area (Å²) in [7, 11) is 1.57. The number of amides is 3. The third-order valence-corrected chi connectivity index (χ3v) is 5.86. The molecule has 0 bridgehead atoms. The van der Waals surface area contributed by atoms with Crippen LogP contribution in [0, 0.1) is 0 Å². The van der Waals surface area contributed by atoms with E-state index in [0.717, 1.165) is 31.5 Å². The minimum atomic E-state index is -0.248. The van der Waals surface area contributed by atoms with Crippen LogP contribution >= 0.6 is 0 Å². The number of carbonyl (C=O) groups excluding carboxylic acids is 3. The molecular weight excluding hydrogens is 384 g/mol. The maximum atomic E-state index is 13.3. The van der Waals surface area contributed by atoms with Gasteiger partial charge in [-0.15, -0.1) is 0 Å². The van der Waals surface area contributed by atoms with Crippen molar-refractivity contribution in [2.45, 2.75) is 39.2 Å². The maximum absolute atomic E-state index is 13.3. The number of nitrogens with one attached hydrogen (secondary N) is 1. The standard InChI is InChI=1S/C22H32N4O4/c1-4-24(5-2)21(28)16-9-10-17-19(14-16)26(15-20(27)23-11-13-30-3)22(29)18-8-6-7-12-25(17)18/h9-10,14,18H,4-8,11-13,15H2,1-3H3,(H,23,27)/t18-/m1/s1. The molecular formula is C22H32N4O4. The van der Waals surface area contributed by atoms with E-state index in [9.17, 15) is 14.4 Å². The first-order valence-corrected chi connectivity index (χ1v) is 10.8. The third kappa shape index (κ3) is 4.43. The largest absolute Gasteiger partial charge is 0.383 e. The number of nitrogens with zero attached hydrogens (tertiary/aromatic N) is 3. The second-order valence-electron chi connectivity index (χ2n) is 7.65. The van der Waals surface area contributed by atoms with Crippen LogP contribution in [0.25, 0.3) is 0 Å². The minimum absolute atomic E-state index is 0.0667. The van der Waals surface area contributed by atoms with Gasteiger partial charge in [-0.25, -0.2) is 0 Å². The van der Waals surface area contributed by atoms with Crippen molar-refractivity contribution in [2.75, 3.05) is 56.2 Å². The van der Waals surface area contributed by atoms with Gasteiger partial charge in [0.1, 0.15) is 12.6 Å². The molecule has 0 radical (unpaired) electrons. The first-order valence-electron chi connectivity index (χ1n) is 10.8. The van der Waals surface area contributed by atoms with E-state index in [1.807, 2.05) is 26.0 Å². The summed E-state index contributed by atoms with van der Waals surface area (Å²) in [5.74, 6) is -0.381. The molecule has 8 nitrogen and oxygen atoms in total. The molecule has 1 saturated heterocycles. The molecule has 0 unspecified atom stereocenters. The monoisotopic (exact) mass is 416 g/mol. The Labute approximate surface area is 178 Å². The molecule has 1 fully saturated rings. The molecule has 2 heterocycles. The van der Waals surface area contributed by atoms with Gasteiger partial charge < -0.3 is 19.9 Å². The minimum Gasteiger partial charge on any atom is -0.383 e. The number of hydrogen-bond donors (Lipinski definition) is 1. The Balaban J connectivity index is 1.94. The van der Waals surface area contributed by atoms with Crippen molar-refractivity contribution in [3.8, 4) is 0 Å². The van der Waals surface area contributed by atoms with E-state index in [1.54, 1.807) is 23.0 Å². The quantitative estimate of drug-likeness (QED) is 0.652. The highest BCUT2D eigenvalue weighted by molar-refractivity contribution is 6.09. The lowest BCUT2D eigenvalue weighted by Gasteiger charge is -2.45. The molecule has 0 spiro atoms. The van der Waals surface area contributed by atoms with Crippen LogP contribution in [0.1, 0.15) is 43.5 Å². The van der Waals surface area contributed by atoms with Crippen molar-refractivity contribution in [2.24, 2.45) is 0 Å². The molecule has 1 N–H and O–H groups in total. The van der Waals surface area contributed by atoms with Gasteiger partial charge in [0.05, 0.1) is 18.0 Å². The summed E-state index contributed by atoms with van der Waals surface area (Å²) in [5.41, 5.74) is 2.09. The highest BCUT2D eigenvalue weighted by atomic mass is 16.5. The number of methoxy groups -OCH3 is 1. The van der Waals surface area contributed by atoms with Crippen molar-refractivity contribution < 1.29 is 19.1 Å². The summed E-state index contributed by atoms with van der Waals surface area (Å²) in [5, 5.41) is 2.78. The maximum Gasteiger partial charge on any atom is 0.253 e. The lowest BCUT2D eigenvalue weighted by molar-refractivity contribution is -0.125. The van der Waals surface area contributed by atoms with Crippen molar-refractivity contribution in [3.05, 3.63) is 23.8 Å². The van der Waals surface area contributed by atoms with Gasteiger partial charge in [-0.2, -0.15) is 0 Å². The molecule has 2 aliphatic rings. The Kier molecular flexibility index (Phi) is 7.31. The Hall–Kier alpha value is -2.61. The van der Waals surface area contributed by atoms with Gasteiger partial charge in [0.15, 0.2) is 0 Å². The molecule has 1 aromatic carbocycles. The Morgan fingerprint density at radius 1 is 1.20 bits per heavy atom. The summed E-state index contributed by atoms with van der Waals surface area (Å²) in [4.78, 5) is 44.1. The molecule has 164 valence electrons. The number of hydrogen-bond acceptors (Lipinski definition) is 5. The molecule has 2 aliphatic heterocycles. The molecule has 0 aromatic heterocycles. The topological polar surface area (TPSA) is 82.2 Å². The lowest BCUT2D eigenvalue weighted by atomic mass is 9.95. The number of rotatable bonds is 8. The normalized spacial score (nSPS) is 18.0. The SMILES string of the molecule is CCN(CC)C(=O)c1ccc2c(c1)N(CC(=O)NCCOC)C(=O)[C@H]1CCCCN21. The predicted molar refractivity (Wildman–Crippen MR) is 116 cm³/mol. The Morgan fingerprint density at radius 3 is 2.67 bits per heavy atom. The number of benzene rings is 1. The fourth-order valence-electron chi connectivity index (χ4n) is 4.24. The fourth-order valence-corrected chi connectivity index (χ4v) is 4.24. The average molecular weight is 417 g/mol. The van der Waals surface area contributed by atoms with Crippen molar-refractivity contribution in [1.29, 1.82) is 0 Å². The zero-order chi connectivity index (χ0) is 21.7. The van der Waals surface area contributed by atoms with Gasteiger partial charge in [0.2, 0.25) is 11.8 Å². The summed E-state index contributed by atoms with van der Waals surface area (Å²) >= 11 is 0. The number of fused-ring (bicyclic) bond motifs is 3. The molecule has 1 aromatic rings.